The normalized spacial score (nSPS) is 14.0. The Morgan fingerprint density at radius 3 is 2.44 bits per heavy atom. The fraction of sp³-hybridized carbons (Fsp3) is 0.400. The van der Waals surface area contributed by atoms with E-state index in [2.05, 4.69) is 5.32 Å². The van der Waals surface area contributed by atoms with Crippen molar-refractivity contribution in [1.29, 1.82) is 0 Å². The number of hydrogen-bond acceptors (Lipinski definition) is 4. The lowest BCUT2D eigenvalue weighted by atomic mass is 9.95. The van der Waals surface area contributed by atoms with Crippen LogP contribution in [0.3, 0.4) is 0 Å². The Morgan fingerprint density at radius 2 is 1.78 bits per heavy atom. The number of anilines is 1. The first-order valence-corrected chi connectivity index (χ1v) is 11.1. The van der Waals surface area contributed by atoms with Crippen LogP contribution in [-0.4, -0.2) is 53.8 Å². The van der Waals surface area contributed by atoms with Crippen molar-refractivity contribution in [1.82, 2.24) is 9.80 Å². The molecule has 1 aliphatic heterocycles. The van der Waals surface area contributed by atoms with E-state index in [1.807, 2.05) is 61.5 Å². The Morgan fingerprint density at radius 1 is 1.06 bits per heavy atom. The Labute approximate surface area is 189 Å². The lowest BCUT2D eigenvalue weighted by molar-refractivity contribution is -0.136. The molecule has 1 fully saturated rings. The molecule has 0 radical (unpaired) electrons. The van der Waals surface area contributed by atoms with Crippen LogP contribution in [-0.2, 0) is 20.9 Å². The van der Waals surface area contributed by atoms with Crippen molar-refractivity contribution in [2.45, 2.75) is 33.2 Å². The lowest BCUT2D eigenvalue weighted by Gasteiger charge is -2.31. The van der Waals surface area contributed by atoms with Crippen molar-refractivity contribution in [3.63, 3.8) is 0 Å². The molecule has 170 valence electrons. The van der Waals surface area contributed by atoms with Gasteiger partial charge in [-0.25, -0.2) is 0 Å². The van der Waals surface area contributed by atoms with Crippen LogP contribution in [0.1, 0.15) is 32.3 Å². The second-order valence-electron chi connectivity index (χ2n) is 7.98. The van der Waals surface area contributed by atoms with Gasteiger partial charge in [-0.1, -0.05) is 30.3 Å². The SMILES string of the molecule is CCN(Cc1cccc(NC(=O)C2CCN(C(=O)COc3ccccc3)CC2)c1)C(C)=O. The average molecular weight is 438 g/mol. The first kappa shape index (κ1) is 23.3. The van der Waals surface area contributed by atoms with E-state index in [1.54, 1.807) is 16.7 Å². The summed E-state index contributed by atoms with van der Waals surface area (Å²) >= 11 is 0. The molecule has 0 unspecified atom stereocenters. The van der Waals surface area contributed by atoms with Crippen LogP contribution in [0.4, 0.5) is 5.69 Å². The van der Waals surface area contributed by atoms with Crippen molar-refractivity contribution in [3.8, 4) is 5.75 Å². The molecule has 0 saturated carbocycles. The first-order chi connectivity index (χ1) is 15.5. The molecule has 0 aromatic heterocycles. The molecule has 1 saturated heterocycles. The van der Waals surface area contributed by atoms with Gasteiger partial charge in [-0.15, -0.1) is 0 Å². The molecule has 0 bridgehead atoms. The van der Waals surface area contributed by atoms with E-state index in [9.17, 15) is 14.4 Å². The molecule has 1 N–H and O–H groups in total. The molecule has 2 aromatic rings. The van der Waals surface area contributed by atoms with E-state index in [1.165, 1.54) is 0 Å². The zero-order valence-corrected chi connectivity index (χ0v) is 18.8. The number of carbonyl (C=O) groups excluding carboxylic acids is 3. The minimum Gasteiger partial charge on any atom is -0.484 e. The van der Waals surface area contributed by atoms with Gasteiger partial charge >= 0.3 is 0 Å². The van der Waals surface area contributed by atoms with E-state index in [-0.39, 0.29) is 30.2 Å². The molecule has 0 spiro atoms. The molecule has 1 aliphatic rings. The highest BCUT2D eigenvalue weighted by Crippen LogP contribution is 2.21. The summed E-state index contributed by atoms with van der Waals surface area (Å²) in [5.74, 6) is 0.460. The van der Waals surface area contributed by atoms with Crippen LogP contribution in [0, 0.1) is 5.92 Å². The molecule has 3 rings (SSSR count). The van der Waals surface area contributed by atoms with Crippen LogP contribution < -0.4 is 10.1 Å². The van der Waals surface area contributed by atoms with E-state index >= 15 is 0 Å². The zero-order valence-electron chi connectivity index (χ0n) is 18.8. The number of para-hydroxylation sites is 1. The summed E-state index contributed by atoms with van der Waals surface area (Å²) in [4.78, 5) is 40.3. The molecule has 0 aliphatic carbocycles. The molecular weight excluding hydrogens is 406 g/mol. The summed E-state index contributed by atoms with van der Waals surface area (Å²) < 4.78 is 5.54. The third kappa shape index (κ3) is 6.57. The summed E-state index contributed by atoms with van der Waals surface area (Å²) in [6.07, 6.45) is 1.24. The number of amides is 3. The number of hydrogen-bond donors (Lipinski definition) is 1. The number of rotatable bonds is 8. The standard InChI is InChI=1S/C25H31N3O4/c1-3-27(19(2)29)17-20-8-7-9-22(16-20)26-25(31)21-12-14-28(15-13-21)24(30)18-32-23-10-5-4-6-11-23/h4-11,16,21H,3,12-15,17-18H2,1-2H3,(H,26,31). The number of ether oxygens (including phenoxy) is 1. The average Bonchev–Trinajstić information content (AvgIpc) is 2.81. The molecule has 3 amide bonds. The van der Waals surface area contributed by atoms with Gasteiger partial charge in [0.15, 0.2) is 6.61 Å². The van der Waals surface area contributed by atoms with Crippen molar-refractivity contribution in [2.24, 2.45) is 5.92 Å². The van der Waals surface area contributed by atoms with E-state index < -0.39 is 0 Å². The number of nitrogens with one attached hydrogen (secondary N) is 1. The Bertz CT molecular complexity index is 924. The number of benzene rings is 2. The maximum atomic E-state index is 12.7. The van der Waals surface area contributed by atoms with Gasteiger partial charge in [0, 0.05) is 44.7 Å². The molecule has 1 heterocycles. The first-order valence-electron chi connectivity index (χ1n) is 11.1. The number of likely N-dealkylation sites (tertiary alicyclic amines) is 1. The number of carbonyl (C=O) groups is 3. The number of nitrogens with zero attached hydrogens (tertiary/aromatic N) is 2. The van der Waals surface area contributed by atoms with Crippen LogP contribution in [0.15, 0.2) is 54.6 Å². The fourth-order valence-corrected chi connectivity index (χ4v) is 3.80. The minimum atomic E-state index is -0.137. The van der Waals surface area contributed by atoms with Crippen LogP contribution in [0.2, 0.25) is 0 Å². The van der Waals surface area contributed by atoms with Crippen molar-refractivity contribution in [3.05, 3.63) is 60.2 Å². The van der Waals surface area contributed by atoms with Gasteiger partial charge in [-0.05, 0) is 49.6 Å². The Balaban J connectivity index is 1.46. The third-order valence-corrected chi connectivity index (χ3v) is 5.72. The highest BCUT2D eigenvalue weighted by Gasteiger charge is 2.27. The van der Waals surface area contributed by atoms with E-state index in [0.29, 0.717) is 44.8 Å². The third-order valence-electron chi connectivity index (χ3n) is 5.72. The monoisotopic (exact) mass is 437 g/mol. The molecule has 2 aromatic carbocycles. The van der Waals surface area contributed by atoms with Crippen molar-refractivity contribution in [2.75, 3.05) is 31.6 Å². The minimum absolute atomic E-state index is 0.00269. The zero-order chi connectivity index (χ0) is 22.9. The maximum absolute atomic E-state index is 12.7. The van der Waals surface area contributed by atoms with Gasteiger partial charge in [0.25, 0.3) is 5.91 Å². The second-order valence-corrected chi connectivity index (χ2v) is 7.98. The van der Waals surface area contributed by atoms with Gasteiger partial charge < -0.3 is 19.9 Å². The predicted molar refractivity (Wildman–Crippen MR) is 123 cm³/mol. The van der Waals surface area contributed by atoms with Gasteiger partial charge in [-0.3, -0.25) is 14.4 Å². The Kier molecular flexibility index (Phi) is 8.25. The molecule has 32 heavy (non-hydrogen) atoms. The predicted octanol–water partition coefficient (Wildman–Crippen LogP) is 3.31. The molecule has 7 nitrogen and oxygen atoms in total. The summed E-state index contributed by atoms with van der Waals surface area (Å²) in [5, 5.41) is 2.99. The maximum Gasteiger partial charge on any atom is 0.260 e. The highest BCUT2D eigenvalue weighted by molar-refractivity contribution is 5.92. The van der Waals surface area contributed by atoms with Crippen molar-refractivity contribution < 1.29 is 19.1 Å². The lowest BCUT2D eigenvalue weighted by Crippen LogP contribution is -2.43. The highest BCUT2D eigenvalue weighted by atomic mass is 16.5. The fourth-order valence-electron chi connectivity index (χ4n) is 3.80. The van der Waals surface area contributed by atoms with Crippen LogP contribution in [0.5, 0.6) is 5.75 Å². The summed E-state index contributed by atoms with van der Waals surface area (Å²) in [7, 11) is 0. The van der Waals surface area contributed by atoms with Crippen LogP contribution >= 0.6 is 0 Å². The van der Waals surface area contributed by atoms with Gasteiger partial charge in [0.1, 0.15) is 5.75 Å². The summed E-state index contributed by atoms with van der Waals surface area (Å²) in [6.45, 7) is 5.74. The van der Waals surface area contributed by atoms with Gasteiger partial charge in [0.05, 0.1) is 0 Å². The molecule has 7 heteroatoms. The summed E-state index contributed by atoms with van der Waals surface area (Å²) in [6, 6.07) is 16.8. The molecular formula is C25H31N3O4. The van der Waals surface area contributed by atoms with Gasteiger partial charge in [-0.2, -0.15) is 0 Å². The number of piperidine rings is 1. The molecule has 0 atom stereocenters. The van der Waals surface area contributed by atoms with E-state index in [0.717, 1.165) is 11.3 Å². The largest absolute Gasteiger partial charge is 0.484 e. The van der Waals surface area contributed by atoms with E-state index in [4.69, 9.17) is 4.74 Å². The van der Waals surface area contributed by atoms with Gasteiger partial charge in [0.2, 0.25) is 11.8 Å². The smallest absolute Gasteiger partial charge is 0.260 e. The second kappa shape index (κ2) is 11.3. The summed E-state index contributed by atoms with van der Waals surface area (Å²) in [5.41, 5.74) is 1.69. The topological polar surface area (TPSA) is 79.0 Å². The van der Waals surface area contributed by atoms with Crippen LogP contribution in [0.25, 0.3) is 0 Å². The Hall–Kier alpha value is -3.35. The quantitative estimate of drug-likeness (QED) is 0.687. The van der Waals surface area contributed by atoms with Crippen molar-refractivity contribution >= 4 is 23.4 Å².